The number of benzene rings is 1. The third kappa shape index (κ3) is 4.84. The predicted molar refractivity (Wildman–Crippen MR) is 103 cm³/mol. The van der Waals surface area contributed by atoms with Crippen molar-refractivity contribution in [3.8, 4) is 17.1 Å². The average molecular weight is 371 g/mol. The monoisotopic (exact) mass is 371 g/mol. The van der Waals surface area contributed by atoms with E-state index in [2.05, 4.69) is 43.1 Å². The van der Waals surface area contributed by atoms with E-state index in [0.29, 0.717) is 18.3 Å². The summed E-state index contributed by atoms with van der Waals surface area (Å²) in [7, 11) is 0. The van der Waals surface area contributed by atoms with Crippen molar-refractivity contribution >= 4 is 5.91 Å². The summed E-state index contributed by atoms with van der Waals surface area (Å²) in [4.78, 5) is 16.0. The minimum atomic E-state index is 0.0519. The fourth-order valence-corrected chi connectivity index (χ4v) is 3.50. The molecule has 0 spiro atoms. The Kier molecular flexibility index (Phi) is 6.08. The Morgan fingerprint density at radius 2 is 1.85 bits per heavy atom. The number of ether oxygens (including phenoxy) is 1. The van der Waals surface area contributed by atoms with E-state index in [0.717, 1.165) is 24.2 Å². The van der Waals surface area contributed by atoms with Crippen LogP contribution in [-0.2, 0) is 11.3 Å². The lowest BCUT2D eigenvalue weighted by molar-refractivity contribution is -0.138. The van der Waals surface area contributed by atoms with Crippen molar-refractivity contribution in [2.45, 2.75) is 65.6 Å². The number of aromatic nitrogens is 4. The quantitative estimate of drug-likeness (QED) is 0.780. The van der Waals surface area contributed by atoms with Crippen LogP contribution in [0, 0.1) is 5.92 Å². The maximum Gasteiger partial charge on any atom is 0.246 e. The van der Waals surface area contributed by atoms with Gasteiger partial charge >= 0.3 is 0 Å². The van der Waals surface area contributed by atoms with E-state index in [1.165, 1.54) is 11.2 Å². The van der Waals surface area contributed by atoms with E-state index in [-0.39, 0.29) is 24.5 Å². The molecule has 146 valence electrons. The molecule has 2 atom stereocenters. The summed E-state index contributed by atoms with van der Waals surface area (Å²) in [6, 6.07) is 8.16. The van der Waals surface area contributed by atoms with Gasteiger partial charge in [-0.3, -0.25) is 4.79 Å². The summed E-state index contributed by atoms with van der Waals surface area (Å²) in [5, 5.41) is 12.5. The van der Waals surface area contributed by atoms with Gasteiger partial charge in [-0.15, -0.1) is 10.2 Å². The van der Waals surface area contributed by atoms with E-state index in [4.69, 9.17) is 4.74 Å². The first-order chi connectivity index (χ1) is 12.9. The van der Waals surface area contributed by atoms with Gasteiger partial charge in [0, 0.05) is 17.6 Å². The zero-order valence-electron chi connectivity index (χ0n) is 16.6. The average Bonchev–Trinajstić information content (AvgIpc) is 3.08. The van der Waals surface area contributed by atoms with Gasteiger partial charge in [0.1, 0.15) is 12.3 Å². The van der Waals surface area contributed by atoms with Gasteiger partial charge in [0.05, 0.1) is 6.61 Å². The van der Waals surface area contributed by atoms with E-state index in [1.54, 1.807) is 0 Å². The molecular formula is C20H29N5O2. The van der Waals surface area contributed by atoms with Crippen LogP contribution in [0.2, 0.25) is 0 Å². The number of rotatable bonds is 6. The van der Waals surface area contributed by atoms with Gasteiger partial charge in [0.15, 0.2) is 0 Å². The molecule has 0 saturated carbocycles. The first-order valence-electron chi connectivity index (χ1n) is 9.76. The maximum atomic E-state index is 12.7. The number of amides is 1. The summed E-state index contributed by atoms with van der Waals surface area (Å²) in [5.74, 6) is 1.87. The molecule has 0 aliphatic carbocycles. The van der Waals surface area contributed by atoms with Crippen LogP contribution in [0.5, 0.6) is 5.75 Å². The summed E-state index contributed by atoms with van der Waals surface area (Å²) in [6.45, 7) is 9.25. The molecule has 2 heterocycles. The van der Waals surface area contributed by atoms with Gasteiger partial charge in [-0.1, -0.05) is 13.8 Å². The first kappa shape index (κ1) is 19.3. The van der Waals surface area contributed by atoms with E-state index in [9.17, 15) is 4.79 Å². The van der Waals surface area contributed by atoms with Crippen molar-refractivity contribution < 1.29 is 9.53 Å². The summed E-state index contributed by atoms with van der Waals surface area (Å²) < 4.78 is 5.69. The lowest BCUT2D eigenvalue weighted by atomic mass is 9.97. The van der Waals surface area contributed by atoms with Crippen LogP contribution in [-0.4, -0.2) is 49.7 Å². The van der Waals surface area contributed by atoms with Crippen LogP contribution in [0.15, 0.2) is 24.3 Å². The van der Waals surface area contributed by atoms with Crippen molar-refractivity contribution in [3.05, 3.63) is 24.3 Å². The fourth-order valence-electron chi connectivity index (χ4n) is 3.50. The van der Waals surface area contributed by atoms with Gasteiger partial charge < -0.3 is 9.64 Å². The summed E-state index contributed by atoms with van der Waals surface area (Å²) in [6.07, 6.45) is 3.28. The molecule has 27 heavy (non-hydrogen) atoms. The zero-order chi connectivity index (χ0) is 19.4. The van der Waals surface area contributed by atoms with Crippen LogP contribution in [0.25, 0.3) is 11.4 Å². The fraction of sp³-hybridized carbons (Fsp3) is 0.600. The molecule has 3 rings (SSSR count). The molecule has 7 nitrogen and oxygen atoms in total. The standard InChI is InChI=1S/C20H29N5O2/c1-14(2)13-27-18-10-8-17(9-11-18)20-21-23-24(22-20)12-19(26)25-15(3)6-5-7-16(25)4/h8-11,14-16H,5-7,12-13H2,1-4H3/t15-,16-/m0/s1. The highest BCUT2D eigenvalue weighted by atomic mass is 16.5. The highest BCUT2D eigenvalue weighted by Crippen LogP contribution is 2.23. The molecule has 1 aromatic carbocycles. The van der Waals surface area contributed by atoms with Crippen LogP contribution < -0.4 is 4.74 Å². The molecule has 1 fully saturated rings. The number of hydrogen-bond donors (Lipinski definition) is 0. The Hall–Kier alpha value is -2.44. The van der Waals surface area contributed by atoms with Crippen molar-refractivity contribution in [2.24, 2.45) is 5.92 Å². The molecule has 1 amide bonds. The lowest BCUT2D eigenvalue weighted by Gasteiger charge is -2.38. The molecule has 1 aromatic heterocycles. The normalized spacial score (nSPS) is 20.1. The second kappa shape index (κ2) is 8.50. The van der Waals surface area contributed by atoms with E-state index >= 15 is 0 Å². The zero-order valence-corrected chi connectivity index (χ0v) is 16.6. The van der Waals surface area contributed by atoms with E-state index in [1.807, 2.05) is 29.2 Å². The molecular weight excluding hydrogens is 342 g/mol. The Bertz CT molecular complexity index is 746. The molecule has 0 unspecified atom stereocenters. The minimum absolute atomic E-state index is 0.0519. The van der Waals surface area contributed by atoms with Crippen LogP contribution in [0.4, 0.5) is 0 Å². The molecule has 1 aliphatic rings. The van der Waals surface area contributed by atoms with Gasteiger partial charge in [-0.05, 0) is 68.5 Å². The van der Waals surface area contributed by atoms with Gasteiger partial charge in [0.2, 0.25) is 11.7 Å². The third-order valence-corrected chi connectivity index (χ3v) is 4.91. The number of likely N-dealkylation sites (tertiary alicyclic amines) is 1. The first-order valence-corrected chi connectivity index (χ1v) is 9.76. The molecule has 0 bridgehead atoms. The van der Waals surface area contributed by atoms with Crippen LogP contribution in [0.3, 0.4) is 0 Å². The molecule has 1 aliphatic heterocycles. The Morgan fingerprint density at radius 1 is 1.19 bits per heavy atom. The SMILES string of the molecule is CC(C)COc1ccc(-c2nnn(CC(=O)N3[C@@H](C)CCC[C@@H]3C)n2)cc1. The predicted octanol–water partition coefficient (Wildman–Crippen LogP) is 3.16. The maximum absolute atomic E-state index is 12.7. The minimum Gasteiger partial charge on any atom is -0.493 e. The largest absolute Gasteiger partial charge is 0.493 e. The van der Waals surface area contributed by atoms with Crippen LogP contribution in [0.1, 0.15) is 47.0 Å². The highest BCUT2D eigenvalue weighted by molar-refractivity contribution is 5.76. The smallest absolute Gasteiger partial charge is 0.246 e. The number of carbonyl (C=O) groups excluding carboxylic acids is 1. The van der Waals surface area contributed by atoms with Crippen molar-refractivity contribution in [1.82, 2.24) is 25.1 Å². The lowest BCUT2D eigenvalue weighted by Crippen LogP contribution is -2.48. The van der Waals surface area contributed by atoms with Crippen molar-refractivity contribution in [3.63, 3.8) is 0 Å². The molecule has 2 aromatic rings. The second-order valence-electron chi connectivity index (χ2n) is 7.80. The Labute approximate surface area is 160 Å². The van der Waals surface area contributed by atoms with Crippen LogP contribution >= 0.6 is 0 Å². The Morgan fingerprint density at radius 3 is 2.48 bits per heavy atom. The number of nitrogens with zero attached hydrogens (tertiary/aromatic N) is 5. The van der Waals surface area contributed by atoms with Crippen molar-refractivity contribution in [2.75, 3.05) is 6.61 Å². The van der Waals surface area contributed by atoms with Gasteiger partial charge in [-0.25, -0.2) is 0 Å². The Balaban J connectivity index is 1.63. The second-order valence-corrected chi connectivity index (χ2v) is 7.80. The van der Waals surface area contributed by atoms with E-state index < -0.39 is 0 Å². The molecule has 0 N–H and O–H groups in total. The number of tetrazole rings is 1. The third-order valence-electron chi connectivity index (χ3n) is 4.91. The number of carbonyl (C=O) groups is 1. The number of hydrogen-bond acceptors (Lipinski definition) is 5. The van der Waals surface area contributed by atoms with Gasteiger partial charge in [-0.2, -0.15) is 4.80 Å². The topological polar surface area (TPSA) is 73.1 Å². The molecule has 1 saturated heterocycles. The molecule has 7 heteroatoms. The summed E-state index contributed by atoms with van der Waals surface area (Å²) in [5.41, 5.74) is 0.852. The summed E-state index contributed by atoms with van der Waals surface area (Å²) >= 11 is 0. The highest BCUT2D eigenvalue weighted by Gasteiger charge is 2.29. The number of piperidine rings is 1. The molecule has 0 radical (unpaired) electrons. The van der Waals surface area contributed by atoms with Gasteiger partial charge in [0.25, 0.3) is 0 Å². The van der Waals surface area contributed by atoms with Crippen molar-refractivity contribution in [1.29, 1.82) is 0 Å².